The van der Waals surface area contributed by atoms with Gasteiger partial charge in [0, 0.05) is 30.8 Å². The van der Waals surface area contributed by atoms with Crippen LogP contribution in [0.2, 0.25) is 0 Å². The number of hydrogen-bond acceptors (Lipinski definition) is 6. The molecule has 1 aliphatic heterocycles. The number of methoxy groups -OCH3 is 3. The highest BCUT2D eigenvalue weighted by Gasteiger charge is 2.33. The molecule has 0 atom stereocenters. The van der Waals surface area contributed by atoms with E-state index in [9.17, 15) is 4.79 Å². The van der Waals surface area contributed by atoms with E-state index >= 15 is 0 Å². The van der Waals surface area contributed by atoms with Crippen LogP contribution in [0.3, 0.4) is 0 Å². The maximum absolute atomic E-state index is 12.6. The average molecular weight is 409 g/mol. The van der Waals surface area contributed by atoms with Crippen molar-refractivity contribution >= 4 is 11.7 Å². The van der Waals surface area contributed by atoms with E-state index in [0.29, 0.717) is 36.0 Å². The molecule has 1 aromatic heterocycles. The van der Waals surface area contributed by atoms with Crippen LogP contribution < -0.4 is 19.5 Å². The molecule has 0 bridgehead atoms. The van der Waals surface area contributed by atoms with Crippen LogP contribution in [0.15, 0.2) is 48.7 Å². The van der Waals surface area contributed by atoms with Crippen LogP contribution in [-0.4, -0.2) is 60.3 Å². The molecule has 0 unspecified atom stereocenters. The smallest absolute Gasteiger partial charge is 0.321 e. The zero-order valence-corrected chi connectivity index (χ0v) is 17.0. The number of carbonyl (C=O) groups is 1. The Labute approximate surface area is 174 Å². The molecule has 0 radical (unpaired) electrons. The van der Waals surface area contributed by atoms with Crippen molar-refractivity contribution in [3.8, 4) is 28.5 Å². The highest BCUT2D eigenvalue weighted by molar-refractivity contribution is 5.90. The maximum atomic E-state index is 12.6. The lowest BCUT2D eigenvalue weighted by molar-refractivity contribution is 0.127. The van der Waals surface area contributed by atoms with Crippen LogP contribution in [-0.2, 0) is 0 Å². The van der Waals surface area contributed by atoms with Gasteiger partial charge in [0.1, 0.15) is 5.69 Å². The molecule has 1 saturated heterocycles. The number of carbonyl (C=O) groups excluding carboxylic acids is 1. The van der Waals surface area contributed by atoms with Crippen LogP contribution in [0.1, 0.15) is 6.04 Å². The number of likely N-dealkylation sites (tertiary alicyclic amines) is 1. The molecule has 0 aliphatic carbocycles. The number of nitrogens with one attached hydrogen (secondary N) is 1. The fourth-order valence-electron chi connectivity index (χ4n) is 3.34. The first-order chi connectivity index (χ1) is 14.6. The third-order valence-corrected chi connectivity index (χ3v) is 5.02. The van der Waals surface area contributed by atoms with Gasteiger partial charge in [0.25, 0.3) is 0 Å². The number of ether oxygens (including phenoxy) is 3. The number of aromatic nitrogens is 3. The summed E-state index contributed by atoms with van der Waals surface area (Å²) in [6.07, 6.45) is 1.91. The molecule has 9 nitrogen and oxygen atoms in total. The van der Waals surface area contributed by atoms with Crippen molar-refractivity contribution in [1.82, 2.24) is 19.9 Å². The van der Waals surface area contributed by atoms with Crippen LogP contribution in [0, 0.1) is 0 Å². The van der Waals surface area contributed by atoms with Gasteiger partial charge in [-0.15, -0.1) is 5.10 Å². The van der Waals surface area contributed by atoms with Gasteiger partial charge in [-0.1, -0.05) is 35.5 Å². The van der Waals surface area contributed by atoms with Crippen molar-refractivity contribution < 1.29 is 19.0 Å². The minimum Gasteiger partial charge on any atom is -0.493 e. The molecule has 30 heavy (non-hydrogen) atoms. The van der Waals surface area contributed by atoms with Gasteiger partial charge in [0.05, 0.1) is 39.3 Å². The average Bonchev–Trinajstić information content (AvgIpc) is 3.22. The van der Waals surface area contributed by atoms with E-state index < -0.39 is 0 Å². The topological polar surface area (TPSA) is 90.7 Å². The van der Waals surface area contributed by atoms with Crippen LogP contribution >= 0.6 is 0 Å². The summed E-state index contributed by atoms with van der Waals surface area (Å²) in [5.74, 6) is 1.43. The van der Waals surface area contributed by atoms with Crippen molar-refractivity contribution in [2.75, 3.05) is 39.7 Å². The molecule has 0 spiro atoms. The number of anilines is 1. The third kappa shape index (κ3) is 3.73. The minimum atomic E-state index is -0.205. The molecule has 156 valence electrons. The second-order valence-corrected chi connectivity index (χ2v) is 6.85. The molecule has 1 N–H and O–H groups in total. The van der Waals surface area contributed by atoms with Gasteiger partial charge in [-0.2, -0.15) is 0 Å². The van der Waals surface area contributed by atoms with Crippen molar-refractivity contribution in [2.45, 2.75) is 6.04 Å². The van der Waals surface area contributed by atoms with E-state index in [-0.39, 0.29) is 12.1 Å². The summed E-state index contributed by atoms with van der Waals surface area (Å²) in [5, 5.41) is 11.3. The largest absolute Gasteiger partial charge is 0.493 e. The molecule has 2 aromatic carbocycles. The summed E-state index contributed by atoms with van der Waals surface area (Å²) >= 11 is 0. The summed E-state index contributed by atoms with van der Waals surface area (Å²) in [7, 11) is 4.60. The number of urea groups is 1. The van der Waals surface area contributed by atoms with Crippen molar-refractivity contribution in [2.24, 2.45) is 0 Å². The van der Waals surface area contributed by atoms with E-state index in [1.54, 1.807) is 17.0 Å². The summed E-state index contributed by atoms with van der Waals surface area (Å²) in [5.41, 5.74) is 2.39. The number of nitrogens with zero attached hydrogens (tertiary/aromatic N) is 4. The first-order valence-electron chi connectivity index (χ1n) is 9.46. The maximum Gasteiger partial charge on any atom is 0.321 e. The van der Waals surface area contributed by atoms with Gasteiger partial charge in [0.15, 0.2) is 11.5 Å². The molecule has 1 fully saturated rings. The highest BCUT2D eigenvalue weighted by Crippen LogP contribution is 2.40. The van der Waals surface area contributed by atoms with Crippen molar-refractivity contribution in [3.63, 3.8) is 0 Å². The lowest BCUT2D eigenvalue weighted by atomic mass is 10.1. The standard InChI is InChI=1S/C21H23N5O4/c1-28-18-9-15(10-19(29-2)20(18)30-3)22-21(27)25-11-16(12-25)26-13-17(23-24-26)14-7-5-4-6-8-14/h4-10,13,16H,11-12H2,1-3H3,(H,22,27). The summed E-state index contributed by atoms with van der Waals surface area (Å²) in [6.45, 7) is 1.10. The Morgan fingerprint density at radius 2 is 1.70 bits per heavy atom. The highest BCUT2D eigenvalue weighted by atomic mass is 16.5. The Kier molecular flexibility index (Phi) is 5.42. The normalized spacial score (nSPS) is 13.5. The zero-order chi connectivity index (χ0) is 21.1. The molecule has 1 aliphatic rings. The van der Waals surface area contributed by atoms with Gasteiger partial charge in [0.2, 0.25) is 5.75 Å². The Hall–Kier alpha value is -3.75. The van der Waals surface area contributed by atoms with Gasteiger partial charge >= 0.3 is 6.03 Å². The SMILES string of the molecule is COc1cc(NC(=O)N2CC(n3cc(-c4ccccc4)nn3)C2)cc(OC)c1OC. The predicted octanol–water partition coefficient (Wildman–Crippen LogP) is 3.06. The Bertz CT molecular complexity index is 1010. The van der Waals surface area contributed by atoms with E-state index in [0.717, 1.165) is 11.3 Å². The van der Waals surface area contributed by atoms with Crippen molar-refractivity contribution in [3.05, 3.63) is 48.7 Å². The molecule has 9 heteroatoms. The number of benzene rings is 2. The molecular weight excluding hydrogens is 386 g/mol. The number of hydrogen-bond donors (Lipinski definition) is 1. The van der Waals surface area contributed by atoms with Crippen LogP contribution in [0.4, 0.5) is 10.5 Å². The second kappa shape index (κ2) is 8.32. The Balaban J connectivity index is 1.39. The van der Waals surface area contributed by atoms with Gasteiger partial charge < -0.3 is 24.4 Å². The lowest BCUT2D eigenvalue weighted by Crippen LogP contribution is -2.52. The summed E-state index contributed by atoms with van der Waals surface area (Å²) in [4.78, 5) is 14.3. The fourth-order valence-corrected chi connectivity index (χ4v) is 3.34. The van der Waals surface area contributed by atoms with Gasteiger partial charge in [-0.3, -0.25) is 0 Å². The molecular formula is C21H23N5O4. The Morgan fingerprint density at radius 1 is 1.03 bits per heavy atom. The summed E-state index contributed by atoms with van der Waals surface area (Å²) < 4.78 is 17.8. The third-order valence-electron chi connectivity index (χ3n) is 5.02. The quantitative estimate of drug-likeness (QED) is 0.673. The van der Waals surface area contributed by atoms with E-state index in [4.69, 9.17) is 14.2 Å². The van der Waals surface area contributed by atoms with Crippen LogP contribution in [0.5, 0.6) is 17.2 Å². The van der Waals surface area contributed by atoms with E-state index in [1.807, 2.05) is 41.2 Å². The lowest BCUT2D eigenvalue weighted by Gasteiger charge is -2.38. The van der Waals surface area contributed by atoms with E-state index in [2.05, 4.69) is 15.6 Å². The monoisotopic (exact) mass is 409 g/mol. The summed E-state index contributed by atoms with van der Waals surface area (Å²) in [6, 6.07) is 13.2. The van der Waals surface area contributed by atoms with E-state index in [1.165, 1.54) is 21.3 Å². The molecule has 3 aromatic rings. The van der Waals surface area contributed by atoms with Gasteiger partial charge in [-0.25, -0.2) is 9.48 Å². The first-order valence-corrected chi connectivity index (χ1v) is 9.46. The second-order valence-electron chi connectivity index (χ2n) is 6.85. The molecule has 2 amide bonds. The fraction of sp³-hybridized carbons (Fsp3) is 0.286. The van der Waals surface area contributed by atoms with Crippen molar-refractivity contribution in [1.29, 1.82) is 0 Å². The molecule has 0 saturated carbocycles. The zero-order valence-electron chi connectivity index (χ0n) is 17.0. The molecule has 4 rings (SSSR count). The minimum absolute atomic E-state index is 0.0978. The number of rotatable bonds is 6. The van der Waals surface area contributed by atoms with Gasteiger partial charge in [-0.05, 0) is 0 Å². The molecule has 2 heterocycles. The van der Waals surface area contributed by atoms with Crippen LogP contribution in [0.25, 0.3) is 11.3 Å². The number of amides is 2. The predicted molar refractivity (Wildman–Crippen MR) is 111 cm³/mol. The first kappa shape index (κ1) is 19.6. The Morgan fingerprint density at radius 3 is 2.30 bits per heavy atom.